The van der Waals surface area contributed by atoms with E-state index in [4.69, 9.17) is 11.1 Å². The minimum Gasteiger partial charge on any atom is -0.399 e. The van der Waals surface area contributed by atoms with Crippen LogP contribution in [-0.4, -0.2) is 20.0 Å². The predicted octanol–water partition coefficient (Wildman–Crippen LogP) is 3.55. The zero-order valence-electron chi connectivity index (χ0n) is 15.6. The third kappa shape index (κ3) is 3.35. The highest BCUT2D eigenvalue weighted by Crippen LogP contribution is 2.42. The number of nitrogens with two attached hydrogens (primary N) is 1. The first-order chi connectivity index (χ1) is 13.2. The summed E-state index contributed by atoms with van der Waals surface area (Å²) in [5, 5.41) is 11.1. The Labute approximate surface area is 165 Å². The quantitative estimate of drug-likeness (QED) is 0.503. The van der Waals surface area contributed by atoms with Crippen molar-refractivity contribution in [1.82, 2.24) is 5.32 Å². The lowest BCUT2D eigenvalue weighted by molar-refractivity contribution is -0.137. The zero-order valence-corrected chi connectivity index (χ0v) is 16.4. The number of benzene rings is 2. The number of hydrogen-bond donors (Lipinski definition) is 3. The van der Waals surface area contributed by atoms with Crippen LogP contribution in [0, 0.1) is 11.2 Å². The molecule has 0 unspecified atom stereocenters. The van der Waals surface area contributed by atoms with Crippen molar-refractivity contribution in [2.24, 2.45) is 0 Å². The fourth-order valence-corrected chi connectivity index (χ4v) is 5.66. The van der Waals surface area contributed by atoms with E-state index in [0.29, 0.717) is 0 Å². The maximum absolute atomic E-state index is 14.4. The van der Waals surface area contributed by atoms with Crippen molar-refractivity contribution < 1.29 is 26.0 Å². The van der Waals surface area contributed by atoms with Gasteiger partial charge in [-0.25, -0.2) is 12.8 Å². The summed E-state index contributed by atoms with van der Waals surface area (Å²) in [4.78, 5) is 0. The van der Waals surface area contributed by atoms with E-state index in [9.17, 15) is 26.0 Å². The molecule has 0 spiro atoms. The molecule has 156 valence electrons. The smallest absolute Gasteiger partial charge is 0.399 e. The Morgan fingerprint density at radius 1 is 1.14 bits per heavy atom. The van der Waals surface area contributed by atoms with Crippen molar-refractivity contribution >= 4 is 21.4 Å². The standard InChI is InChI=1S/C19H19F4N3O2S/c1-17(14-9-13(24)6-7-15(14)20)10-29(27,28)18(2,16(25)26-17)11-4-3-5-12(8-11)19(21,22)23/h3-9H,10,24H2,1-2H3,(H2,25,26)/t17-,18+/m0/s1. The number of halogens is 4. The molecule has 2 aromatic rings. The Balaban J connectivity index is 2.13. The predicted molar refractivity (Wildman–Crippen MR) is 102 cm³/mol. The third-order valence-corrected chi connectivity index (χ3v) is 7.95. The first-order valence-corrected chi connectivity index (χ1v) is 10.2. The first kappa shape index (κ1) is 21.1. The van der Waals surface area contributed by atoms with Gasteiger partial charge in [-0.1, -0.05) is 12.1 Å². The monoisotopic (exact) mass is 429 g/mol. The number of nitrogens with one attached hydrogen (secondary N) is 2. The van der Waals surface area contributed by atoms with Crippen molar-refractivity contribution in [2.75, 3.05) is 11.5 Å². The summed E-state index contributed by atoms with van der Waals surface area (Å²) >= 11 is 0. The molecule has 1 aliphatic rings. The minimum absolute atomic E-state index is 0.0445. The van der Waals surface area contributed by atoms with Gasteiger partial charge in [-0.3, -0.25) is 5.41 Å². The van der Waals surface area contributed by atoms with E-state index in [0.717, 1.165) is 24.3 Å². The number of amidine groups is 1. The molecular weight excluding hydrogens is 410 g/mol. The van der Waals surface area contributed by atoms with Crippen LogP contribution in [0.15, 0.2) is 42.5 Å². The highest BCUT2D eigenvalue weighted by molar-refractivity contribution is 7.93. The van der Waals surface area contributed by atoms with Gasteiger partial charge in [0.15, 0.2) is 14.6 Å². The van der Waals surface area contributed by atoms with Crippen molar-refractivity contribution in [3.63, 3.8) is 0 Å². The molecule has 1 saturated heterocycles. The van der Waals surface area contributed by atoms with Crippen LogP contribution < -0.4 is 11.1 Å². The lowest BCUT2D eigenvalue weighted by atomic mass is 9.89. The first-order valence-electron chi connectivity index (χ1n) is 8.53. The normalized spacial score (nSPS) is 26.8. The maximum atomic E-state index is 14.4. The number of anilines is 1. The van der Waals surface area contributed by atoms with Crippen LogP contribution >= 0.6 is 0 Å². The van der Waals surface area contributed by atoms with E-state index >= 15 is 0 Å². The zero-order chi connectivity index (χ0) is 21.8. The Hall–Kier alpha value is -2.62. The number of hydrogen-bond acceptors (Lipinski definition) is 4. The van der Waals surface area contributed by atoms with Gasteiger partial charge >= 0.3 is 6.18 Å². The van der Waals surface area contributed by atoms with E-state index in [1.807, 2.05) is 0 Å². The molecule has 0 radical (unpaired) electrons. The molecule has 0 saturated carbocycles. The molecule has 0 bridgehead atoms. The third-order valence-electron chi connectivity index (χ3n) is 5.30. The van der Waals surface area contributed by atoms with Gasteiger partial charge in [-0.2, -0.15) is 13.2 Å². The summed E-state index contributed by atoms with van der Waals surface area (Å²) in [5.41, 5.74) is 3.13. The molecule has 0 amide bonds. The molecule has 10 heteroatoms. The Kier molecular flexibility index (Phi) is 4.69. The van der Waals surface area contributed by atoms with Crippen molar-refractivity contribution in [2.45, 2.75) is 30.3 Å². The van der Waals surface area contributed by atoms with Crippen LogP contribution in [0.3, 0.4) is 0 Å². The molecule has 4 N–H and O–H groups in total. The van der Waals surface area contributed by atoms with Crippen LogP contribution in [0.4, 0.5) is 23.2 Å². The molecule has 2 aromatic carbocycles. The average Bonchev–Trinajstić information content (AvgIpc) is 2.60. The molecule has 1 aliphatic heterocycles. The second-order valence-electron chi connectivity index (χ2n) is 7.44. The molecule has 2 atom stereocenters. The molecule has 5 nitrogen and oxygen atoms in total. The number of alkyl halides is 3. The summed E-state index contributed by atoms with van der Waals surface area (Å²) in [6.45, 7) is 2.57. The molecule has 0 aliphatic carbocycles. The molecule has 1 heterocycles. The van der Waals surface area contributed by atoms with Gasteiger partial charge in [0.05, 0.1) is 16.9 Å². The average molecular weight is 429 g/mol. The fraction of sp³-hybridized carbons (Fsp3) is 0.316. The van der Waals surface area contributed by atoms with E-state index in [1.165, 1.54) is 32.0 Å². The van der Waals surface area contributed by atoms with Crippen LogP contribution in [0.2, 0.25) is 0 Å². The fourth-order valence-electron chi connectivity index (χ4n) is 3.54. The van der Waals surface area contributed by atoms with Crippen molar-refractivity contribution in [3.8, 4) is 0 Å². The van der Waals surface area contributed by atoms with Crippen LogP contribution in [-0.2, 0) is 26.3 Å². The number of nitrogen functional groups attached to an aromatic ring is 1. The van der Waals surface area contributed by atoms with Gasteiger partial charge in [0.25, 0.3) is 0 Å². The van der Waals surface area contributed by atoms with Gasteiger partial charge in [-0.15, -0.1) is 0 Å². The Morgan fingerprint density at radius 3 is 2.38 bits per heavy atom. The van der Waals surface area contributed by atoms with Crippen LogP contribution in [0.1, 0.15) is 30.5 Å². The van der Waals surface area contributed by atoms with E-state index in [1.54, 1.807) is 0 Å². The summed E-state index contributed by atoms with van der Waals surface area (Å²) in [7, 11) is -4.23. The largest absolute Gasteiger partial charge is 0.416 e. The van der Waals surface area contributed by atoms with Gasteiger partial charge in [-0.05, 0) is 49.7 Å². The van der Waals surface area contributed by atoms with E-state index in [2.05, 4.69) is 5.32 Å². The molecule has 0 aromatic heterocycles. The summed E-state index contributed by atoms with van der Waals surface area (Å²) < 4.78 is 78.1. The van der Waals surface area contributed by atoms with Crippen molar-refractivity contribution in [3.05, 3.63) is 65.0 Å². The van der Waals surface area contributed by atoms with Crippen LogP contribution in [0.5, 0.6) is 0 Å². The lowest BCUT2D eigenvalue weighted by Gasteiger charge is -2.45. The second kappa shape index (κ2) is 6.45. The number of sulfone groups is 1. The minimum atomic E-state index is -4.67. The molecule has 1 fully saturated rings. The van der Waals surface area contributed by atoms with E-state index < -0.39 is 49.3 Å². The van der Waals surface area contributed by atoms with Gasteiger partial charge in [0.2, 0.25) is 0 Å². The topological polar surface area (TPSA) is 96.0 Å². The Bertz CT molecular complexity index is 1100. The van der Waals surface area contributed by atoms with Crippen LogP contribution in [0.25, 0.3) is 0 Å². The summed E-state index contributed by atoms with van der Waals surface area (Å²) in [6.07, 6.45) is -4.67. The summed E-state index contributed by atoms with van der Waals surface area (Å²) in [6, 6.07) is 7.55. The molecular formula is C19H19F4N3O2S. The Morgan fingerprint density at radius 2 is 1.79 bits per heavy atom. The molecule has 29 heavy (non-hydrogen) atoms. The molecule has 3 rings (SSSR count). The highest BCUT2D eigenvalue weighted by Gasteiger charge is 2.55. The maximum Gasteiger partial charge on any atom is 0.416 e. The summed E-state index contributed by atoms with van der Waals surface area (Å²) in [5.74, 6) is -1.90. The number of rotatable bonds is 2. The van der Waals surface area contributed by atoms with E-state index in [-0.39, 0.29) is 16.8 Å². The van der Waals surface area contributed by atoms with Gasteiger partial charge in [0, 0.05) is 11.3 Å². The second-order valence-corrected chi connectivity index (χ2v) is 9.78. The van der Waals surface area contributed by atoms with Gasteiger partial charge in [0.1, 0.15) is 11.7 Å². The lowest BCUT2D eigenvalue weighted by Crippen LogP contribution is -2.63. The van der Waals surface area contributed by atoms with Crippen molar-refractivity contribution in [1.29, 1.82) is 5.41 Å². The SMILES string of the molecule is C[C@@]1(c2cccc(C(F)(F)F)c2)C(=N)N[C@](C)(c2cc(N)ccc2F)CS1(=O)=O. The van der Waals surface area contributed by atoms with Gasteiger partial charge < -0.3 is 11.1 Å². The highest BCUT2D eigenvalue weighted by atomic mass is 32.2.